The van der Waals surface area contributed by atoms with Crippen molar-refractivity contribution in [1.29, 1.82) is 0 Å². The summed E-state index contributed by atoms with van der Waals surface area (Å²) in [6.45, 7) is 0. The van der Waals surface area contributed by atoms with Gasteiger partial charge in [0.1, 0.15) is 11.5 Å². The number of aromatic carboxylic acids is 1. The molecule has 2 amide bonds. The molecular formula is C34H30I2N2O8. The number of para-hydroxylation sites is 2. The van der Waals surface area contributed by atoms with Crippen LogP contribution in [0.2, 0.25) is 0 Å². The summed E-state index contributed by atoms with van der Waals surface area (Å²) in [7, 11) is 3.10. The van der Waals surface area contributed by atoms with Gasteiger partial charge in [-0.3, -0.25) is 9.59 Å². The molecule has 12 heteroatoms. The van der Waals surface area contributed by atoms with Crippen LogP contribution in [0.4, 0.5) is 11.4 Å². The lowest BCUT2D eigenvalue weighted by molar-refractivity contribution is -0.117. The van der Waals surface area contributed by atoms with Crippen molar-refractivity contribution in [3.63, 3.8) is 0 Å². The highest BCUT2D eigenvalue weighted by Crippen LogP contribution is 2.33. The summed E-state index contributed by atoms with van der Waals surface area (Å²) in [5.41, 5.74) is 1.56. The third kappa shape index (κ3) is 9.19. The van der Waals surface area contributed by atoms with Gasteiger partial charge in [0.25, 0.3) is 0 Å². The Hall–Kier alpha value is -4.18. The molecule has 0 bridgehead atoms. The normalized spacial score (nSPS) is 10.5. The SMILES string of the molecule is COc1ccccc1CCC(=O)Nc1ccc(I)cc1C(=O)Oc1cc(I)cc(C(=O)O)c1NC(=O)CCc1ccccc1OC. The van der Waals surface area contributed by atoms with Gasteiger partial charge in [-0.1, -0.05) is 36.4 Å². The molecule has 46 heavy (non-hydrogen) atoms. The molecule has 4 rings (SSSR count). The fraction of sp³-hybridized carbons (Fsp3) is 0.176. The van der Waals surface area contributed by atoms with Crippen LogP contribution in [-0.4, -0.2) is 43.1 Å². The second-order valence-corrected chi connectivity index (χ2v) is 12.4. The molecule has 10 nitrogen and oxygen atoms in total. The summed E-state index contributed by atoms with van der Waals surface area (Å²) in [6.07, 6.45) is 0.895. The predicted octanol–water partition coefficient (Wildman–Crippen LogP) is 6.97. The average molecular weight is 848 g/mol. The minimum absolute atomic E-state index is 0.0146. The Morgan fingerprint density at radius 1 is 0.674 bits per heavy atom. The molecule has 0 heterocycles. The van der Waals surface area contributed by atoms with Crippen LogP contribution < -0.4 is 24.8 Å². The van der Waals surface area contributed by atoms with Crippen LogP contribution in [0.5, 0.6) is 17.2 Å². The van der Waals surface area contributed by atoms with E-state index in [2.05, 4.69) is 10.6 Å². The number of anilines is 2. The maximum absolute atomic E-state index is 13.6. The first-order valence-corrected chi connectivity index (χ1v) is 16.2. The number of rotatable bonds is 13. The highest BCUT2D eigenvalue weighted by atomic mass is 127. The molecule has 0 saturated heterocycles. The number of benzene rings is 4. The molecule has 3 N–H and O–H groups in total. The molecule has 0 aromatic heterocycles. The number of amides is 2. The van der Waals surface area contributed by atoms with Gasteiger partial charge in [0.2, 0.25) is 11.8 Å². The number of hydrogen-bond donors (Lipinski definition) is 3. The van der Waals surface area contributed by atoms with Gasteiger partial charge < -0.3 is 30.0 Å². The Balaban J connectivity index is 1.54. The summed E-state index contributed by atoms with van der Waals surface area (Å²) in [6, 6.07) is 22.4. The van der Waals surface area contributed by atoms with Crippen LogP contribution >= 0.6 is 45.2 Å². The van der Waals surface area contributed by atoms with Crippen LogP contribution in [0.1, 0.15) is 44.7 Å². The molecule has 238 valence electrons. The van der Waals surface area contributed by atoms with Gasteiger partial charge in [-0.15, -0.1) is 0 Å². The maximum atomic E-state index is 13.6. The van der Waals surface area contributed by atoms with Gasteiger partial charge in [0.15, 0.2) is 5.75 Å². The summed E-state index contributed by atoms with van der Waals surface area (Å²) in [5.74, 6) is -1.81. The van der Waals surface area contributed by atoms with E-state index in [9.17, 15) is 24.3 Å². The highest BCUT2D eigenvalue weighted by Gasteiger charge is 2.24. The lowest BCUT2D eigenvalue weighted by Gasteiger charge is -2.16. The van der Waals surface area contributed by atoms with Gasteiger partial charge in [-0.2, -0.15) is 0 Å². The number of ether oxygens (including phenoxy) is 3. The summed E-state index contributed by atoms with van der Waals surface area (Å²) < 4.78 is 17.6. The number of aryl methyl sites for hydroxylation is 2. The van der Waals surface area contributed by atoms with Gasteiger partial charge in [-0.05, 0) is 112 Å². The standard InChI is InChI=1S/C34H30I2N2O8/c1-44-27-9-5-3-7-20(27)11-15-30(39)37-26-14-13-22(35)17-24(26)34(43)46-29-19-23(36)18-25(33(41)42)32(29)38-31(40)16-12-21-8-4-6-10-28(21)45-2/h3-10,13-14,17-19H,11-12,15-16H2,1-2H3,(H,37,39)(H,38,40)(H,41,42). The molecule has 0 aliphatic heterocycles. The molecule has 0 radical (unpaired) electrons. The summed E-state index contributed by atoms with van der Waals surface area (Å²) in [4.78, 5) is 51.7. The van der Waals surface area contributed by atoms with Crippen molar-refractivity contribution in [2.75, 3.05) is 24.9 Å². The van der Waals surface area contributed by atoms with Crippen molar-refractivity contribution in [2.24, 2.45) is 0 Å². The Labute approximate surface area is 293 Å². The van der Waals surface area contributed by atoms with Crippen molar-refractivity contribution in [3.05, 3.63) is 108 Å². The molecule has 0 spiro atoms. The third-order valence-electron chi connectivity index (χ3n) is 6.87. The van der Waals surface area contributed by atoms with Crippen LogP contribution in [-0.2, 0) is 22.4 Å². The number of carboxylic acid groups (broad SMARTS) is 1. The highest BCUT2D eigenvalue weighted by molar-refractivity contribution is 14.1. The molecular weight excluding hydrogens is 818 g/mol. The van der Waals surface area contributed by atoms with Gasteiger partial charge in [-0.25, -0.2) is 9.59 Å². The fourth-order valence-electron chi connectivity index (χ4n) is 4.64. The largest absolute Gasteiger partial charge is 0.496 e. The third-order valence-corrected chi connectivity index (χ3v) is 8.16. The smallest absolute Gasteiger partial charge is 0.345 e. The van der Waals surface area contributed by atoms with E-state index in [0.29, 0.717) is 31.5 Å². The van der Waals surface area contributed by atoms with Gasteiger partial charge in [0.05, 0.1) is 36.7 Å². The zero-order valence-electron chi connectivity index (χ0n) is 24.9. The number of carbonyl (C=O) groups excluding carboxylic acids is 3. The van der Waals surface area contributed by atoms with Crippen molar-refractivity contribution in [1.82, 2.24) is 0 Å². The topological polar surface area (TPSA) is 140 Å². The maximum Gasteiger partial charge on any atom is 0.345 e. The number of carbonyl (C=O) groups is 4. The number of hydrogen-bond acceptors (Lipinski definition) is 7. The molecule has 0 atom stereocenters. The van der Waals surface area contributed by atoms with E-state index >= 15 is 0 Å². The molecule has 0 saturated carbocycles. The zero-order chi connectivity index (χ0) is 33.2. The Morgan fingerprint density at radius 2 is 1.22 bits per heavy atom. The molecule has 0 fully saturated rings. The van der Waals surface area contributed by atoms with E-state index in [1.165, 1.54) is 19.2 Å². The van der Waals surface area contributed by atoms with E-state index in [1.54, 1.807) is 31.4 Å². The van der Waals surface area contributed by atoms with Crippen LogP contribution in [0.15, 0.2) is 78.9 Å². The predicted molar refractivity (Wildman–Crippen MR) is 190 cm³/mol. The summed E-state index contributed by atoms with van der Waals surface area (Å²) in [5, 5.41) is 15.3. The first-order valence-electron chi connectivity index (χ1n) is 14.0. The van der Waals surface area contributed by atoms with Gasteiger partial charge in [0, 0.05) is 20.0 Å². The van der Waals surface area contributed by atoms with E-state index in [-0.39, 0.29) is 47.0 Å². The Morgan fingerprint density at radius 3 is 1.78 bits per heavy atom. The number of halogens is 2. The van der Waals surface area contributed by atoms with E-state index in [0.717, 1.165) is 11.1 Å². The molecule has 4 aromatic carbocycles. The fourth-order valence-corrected chi connectivity index (χ4v) is 5.72. The second-order valence-electron chi connectivity index (χ2n) is 9.93. The minimum atomic E-state index is -1.31. The van der Waals surface area contributed by atoms with E-state index in [4.69, 9.17) is 14.2 Å². The minimum Gasteiger partial charge on any atom is -0.496 e. The van der Waals surface area contributed by atoms with E-state index in [1.807, 2.05) is 87.6 Å². The van der Waals surface area contributed by atoms with Crippen LogP contribution in [0.3, 0.4) is 0 Å². The Bertz CT molecular complexity index is 1780. The van der Waals surface area contributed by atoms with E-state index < -0.39 is 17.8 Å². The molecule has 0 unspecified atom stereocenters. The average Bonchev–Trinajstić information content (AvgIpc) is 3.04. The first kappa shape index (κ1) is 34.7. The number of methoxy groups -OCH3 is 2. The van der Waals surface area contributed by atoms with Gasteiger partial charge >= 0.3 is 11.9 Å². The van der Waals surface area contributed by atoms with Crippen molar-refractivity contribution >= 4 is 80.3 Å². The molecule has 0 aliphatic rings. The summed E-state index contributed by atoms with van der Waals surface area (Å²) >= 11 is 3.94. The number of carboxylic acids is 1. The van der Waals surface area contributed by atoms with Crippen molar-refractivity contribution in [2.45, 2.75) is 25.7 Å². The van der Waals surface area contributed by atoms with Crippen molar-refractivity contribution < 1.29 is 38.5 Å². The van der Waals surface area contributed by atoms with Crippen molar-refractivity contribution in [3.8, 4) is 17.2 Å². The molecule has 4 aromatic rings. The quantitative estimate of drug-likeness (QED) is 0.0745. The number of nitrogens with one attached hydrogen (secondary N) is 2. The second kappa shape index (κ2) is 16.4. The number of esters is 1. The lowest BCUT2D eigenvalue weighted by Crippen LogP contribution is -2.20. The zero-order valence-corrected chi connectivity index (χ0v) is 29.2. The first-order chi connectivity index (χ1) is 22.1. The Kier molecular flexibility index (Phi) is 12.4. The van der Waals surface area contributed by atoms with Crippen LogP contribution in [0, 0.1) is 7.14 Å². The molecule has 0 aliphatic carbocycles. The van der Waals surface area contributed by atoms with Crippen LogP contribution in [0.25, 0.3) is 0 Å². The monoisotopic (exact) mass is 848 g/mol. The lowest BCUT2D eigenvalue weighted by atomic mass is 10.1.